The Labute approximate surface area is 96.0 Å². The number of rotatable bonds is 4. The lowest BCUT2D eigenvalue weighted by molar-refractivity contribution is -0.133. The van der Waals surface area contributed by atoms with Gasteiger partial charge in [-0.1, -0.05) is 30.3 Å². The van der Waals surface area contributed by atoms with Gasteiger partial charge in [0.2, 0.25) is 0 Å². The van der Waals surface area contributed by atoms with Gasteiger partial charge in [0.25, 0.3) is 0 Å². The first kappa shape index (κ1) is 11.6. The highest BCUT2D eigenvalue weighted by atomic mass is 16.6. The molecule has 1 aromatic carbocycles. The van der Waals surface area contributed by atoms with Gasteiger partial charge in [-0.15, -0.1) is 0 Å². The molecule has 16 heavy (non-hydrogen) atoms. The molecule has 1 aromatic rings. The van der Waals surface area contributed by atoms with E-state index in [2.05, 4.69) is 12.1 Å². The third-order valence-electron chi connectivity index (χ3n) is 2.84. The van der Waals surface area contributed by atoms with Crippen LogP contribution >= 0.6 is 0 Å². The van der Waals surface area contributed by atoms with Crippen LogP contribution in [0.25, 0.3) is 0 Å². The molecule has 3 nitrogen and oxygen atoms in total. The van der Waals surface area contributed by atoms with Crippen LogP contribution in [0.1, 0.15) is 12.0 Å². The highest BCUT2D eigenvalue weighted by Gasteiger charge is 2.22. The fourth-order valence-electron chi connectivity index (χ4n) is 1.87. The summed E-state index contributed by atoms with van der Waals surface area (Å²) in [5, 5.41) is 9.93. The lowest BCUT2D eigenvalue weighted by Gasteiger charge is -2.27. The minimum Gasteiger partial charge on any atom is -0.390 e. The van der Waals surface area contributed by atoms with Gasteiger partial charge in [-0.25, -0.2) is 0 Å². The molecule has 0 aromatic heterocycles. The van der Waals surface area contributed by atoms with Crippen molar-refractivity contribution in [2.45, 2.75) is 25.0 Å². The van der Waals surface area contributed by atoms with Crippen molar-refractivity contribution < 1.29 is 14.6 Å². The first-order chi connectivity index (χ1) is 7.86. The summed E-state index contributed by atoms with van der Waals surface area (Å²) in [5.41, 5.74) is 1.25. The van der Waals surface area contributed by atoms with Crippen LogP contribution in [0, 0.1) is 0 Å². The largest absolute Gasteiger partial charge is 0.390 e. The second-order valence-corrected chi connectivity index (χ2v) is 4.08. The van der Waals surface area contributed by atoms with Crippen molar-refractivity contribution in [3.63, 3.8) is 0 Å². The fourth-order valence-corrected chi connectivity index (χ4v) is 1.87. The molecule has 0 spiro atoms. The van der Waals surface area contributed by atoms with E-state index in [9.17, 15) is 5.11 Å². The number of aliphatic hydroxyl groups excluding tert-OH is 1. The van der Waals surface area contributed by atoms with Crippen LogP contribution in [-0.4, -0.2) is 37.1 Å². The van der Waals surface area contributed by atoms with Gasteiger partial charge in [-0.3, -0.25) is 0 Å². The van der Waals surface area contributed by atoms with Gasteiger partial charge in [0, 0.05) is 0 Å². The van der Waals surface area contributed by atoms with Gasteiger partial charge < -0.3 is 14.6 Å². The maximum Gasteiger partial charge on any atom is 0.107 e. The fraction of sp³-hybridized carbons (Fsp3) is 0.538. The number of hydrogen-bond acceptors (Lipinski definition) is 3. The van der Waals surface area contributed by atoms with E-state index in [1.54, 1.807) is 0 Å². The summed E-state index contributed by atoms with van der Waals surface area (Å²) in [6.07, 6.45) is 1.01. The summed E-state index contributed by atoms with van der Waals surface area (Å²) in [7, 11) is 0. The van der Waals surface area contributed by atoms with Crippen LogP contribution in [0.4, 0.5) is 0 Å². The van der Waals surface area contributed by atoms with Crippen LogP contribution in [0.15, 0.2) is 30.3 Å². The molecule has 0 saturated carbocycles. The summed E-state index contributed by atoms with van der Waals surface area (Å²) in [4.78, 5) is 0. The SMILES string of the molecule is OC(CCc1ccccc1)C1COCCO1. The summed E-state index contributed by atoms with van der Waals surface area (Å²) < 4.78 is 10.7. The molecular weight excluding hydrogens is 204 g/mol. The summed E-state index contributed by atoms with van der Waals surface area (Å²) in [6, 6.07) is 10.2. The van der Waals surface area contributed by atoms with Crippen molar-refractivity contribution >= 4 is 0 Å². The van der Waals surface area contributed by atoms with Crippen molar-refractivity contribution in [2.24, 2.45) is 0 Å². The smallest absolute Gasteiger partial charge is 0.107 e. The van der Waals surface area contributed by atoms with Crippen LogP contribution in [0.5, 0.6) is 0 Å². The third kappa shape index (κ3) is 3.30. The zero-order chi connectivity index (χ0) is 11.2. The molecule has 2 atom stereocenters. The Morgan fingerprint density at radius 3 is 2.75 bits per heavy atom. The Morgan fingerprint density at radius 2 is 2.06 bits per heavy atom. The Hall–Kier alpha value is -0.900. The topological polar surface area (TPSA) is 38.7 Å². The van der Waals surface area contributed by atoms with Crippen molar-refractivity contribution in [3.05, 3.63) is 35.9 Å². The lowest BCUT2D eigenvalue weighted by Crippen LogP contribution is -2.38. The van der Waals surface area contributed by atoms with E-state index in [0.717, 1.165) is 12.8 Å². The summed E-state index contributed by atoms with van der Waals surface area (Å²) >= 11 is 0. The molecular formula is C13H18O3. The Kier molecular flexibility index (Phi) is 4.34. The van der Waals surface area contributed by atoms with Gasteiger partial charge >= 0.3 is 0 Å². The van der Waals surface area contributed by atoms with Crippen molar-refractivity contribution in [1.82, 2.24) is 0 Å². The molecule has 2 rings (SSSR count). The second-order valence-electron chi connectivity index (χ2n) is 4.08. The van der Waals surface area contributed by atoms with Gasteiger partial charge in [0.05, 0.1) is 25.9 Å². The number of hydrogen-bond donors (Lipinski definition) is 1. The van der Waals surface area contributed by atoms with Crippen LogP contribution in [-0.2, 0) is 15.9 Å². The maximum absolute atomic E-state index is 9.93. The van der Waals surface area contributed by atoms with Gasteiger partial charge in [0.1, 0.15) is 6.10 Å². The van der Waals surface area contributed by atoms with Crippen LogP contribution in [0.2, 0.25) is 0 Å². The van der Waals surface area contributed by atoms with E-state index in [1.807, 2.05) is 18.2 Å². The Morgan fingerprint density at radius 1 is 1.25 bits per heavy atom. The molecule has 1 saturated heterocycles. The standard InChI is InChI=1S/C13H18O3/c14-12(13-10-15-8-9-16-13)7-6-11-4-2-1-3-5-11/h1-5,12-14H,6-10H2. The van der Waals surface area contributed by atoms with E-state index in [0.29, 0.717) is 19.8 Å². The van der Waals surface area contributed by atoms with Crippen LogP contribution in [0.3, 0.4) is 0 Å². The number of aryl methyl sites for hydroxylation is 1. The first-order valence-electron chi connectivity index (χ1n) is 5.77. The second kappa shape index (κ2) is 5.99. The van der Waals surface area contributed by atoms with E-state index < -0.39 is 6.10 Å². The zero-order valence-corrected chi connectivity index (χ0v) is 9.34. The van der Waals surface area contributed by atoms with Crippen molar-refractivity contribution in [1.29, 1.82) is 0 Å². The monoisotopic (exact) mass is 222 g/mol. The van der Waals surface area contributed by atoms with Crippen molar-refractivity contribution in [2.75, 3.05) is 19.8 Å². The number of ether oxygens (including phenoxy) is 2. The molecule has 2 unspecified atom stereocenters. The van der Waals surface area contributed by atoms with E-state index >= 15 is 0 Å². The first-order valence-corrected chi connectivity index (χ1v) is 5.77. The van der Waals surface area contributed by atoms with Gasteiger partial charge in [-0.05, 0) is 18.4 Å². The van der Waals surface area contributed by atoms with E-state index in [-0.39, 0.29) is 6.10 Å². The highest BCUT2D eigenvalue weighted by molar-refractivity contribution is 5.14. The molecule has 0 bridgehead atoms. The average Bonchev–Trinajstić information content (AvgIpc) is 2.38. The van der Waals surface area contributed by atoms with Gasteiger partial charge in [-0.2, -0.15) is 0 Å². The minimum atomic E-state index is -0.430. The number of aliphatic hydroxyl groups is 1. The maximum atomic E-state index is 9.93. The molecule has 0 amide bonds. The molecule has 1 heterocycles. The zero-order valence-electron chi connectivity index (χ0n) is 9.34. The average molecular weight is 222 g/mol. The molecule has 3 heteroatoms. The predicted molar refractivity (Wildman–Crippen MR) is 61.3 cm³/mol. The summed E-state index contributed by atoms with van der Waals surface area (Å²) in [6.45, 7) is 1.74. The molecule has 0 radical (unpaired) electrons. The normalized spacial score (nSPS) is 22.9. The van der Waals surface area contributed by atoms with Gasteiger partial charge in [0.15, 0.2) is 0 Å². The predicted octanol–water partition coefficient (Wildman–Crippen LogP) is 1.40. The van der Waals surface area contributed by atoms with E-state index in [1.165, 1.54) is 5.56 Å². The van der Waals surface area contributed by atoms with E-state index in [4.69, 9.17) is 9.47 Å². The molecule has 1 N–H and O–H groups in total. The molecule has 1 aliphatic heterocycles. The third-order valence-corrected chi connectivity index (χ3v) is 2.84. The molecule has 0 aliphatic carbocycles. The molecule has 1 aliphatic rings. The minimum absolute atomic E-state index is 0.155. The lowest BCUT2D eigenvalue weighted by atomic mass is 10.0. The van der Waals surface area contributed by atoms with Crippen molar-refractivity contribution in [3.8, 4) is 0 Å². The quantitative estimate of drug-likeness (QED) is 0.836. The summed E-state index contributed by atoms with van der Waals surface area (Å²) in [5.74, 6) is 0. The Balaban J connectivity index is 1.76. The highest BCUT2D eigenvalue weighted by Crippen LogP contribution is 2.12. The number of benzene rings is 1. The van der Waals surface area contributed by atoms with Crippen LogP contribution < -0.4 is 0 Å². The Bertz CT molecular complexity index is 293. The molecule has 1 fully saturated rings. The molecule has 88 valence electrons.